The van der Waals surface area contributed by atoms with Crippen molar-refractivity contribution in [1.29, 1.82) is 0 Å². The van der Waals surface area contributed by atoms with Crippen LogP contribution in [0.15, 0.2) is 54.6 Å². The van der Waals surface area contributed by atoms with Gasteiger partial charge in [0.1, 0.15) is 11.5 Å². The van der Waals surface area contributed by atoms with Crippen LogP contribution < -0.4 is 10.1 Å². The highest BCUT2D eigenvalue weighted by Gasteiger charge is 2.07. The van der Waals surface area contributed by atoms with Gasteiger partial charge >= 0.3 is 0 Å². The Hall–Kier alpha value is -3.27. The van der Waals surface area contributed by atoms with E-state index in [4.69, 9.17) is 4.74 Å². The maximum atomic E-state index is 12.4. The number of ether oxygens (including phenoxy) is 1. The van der Waals surface area contributed by atoms with Crippen LogP contribution in [0.3, 0.4) is 0 Å². The minimum atomic E-state index is -0.226. The number of carbonyl (C=O) groups is 1. The first-order valence-electron chi connectivity index (χ1n) is 8.34. The van der Waals surface area contributed by atoms with Gasteiger partial charge in [0.05, 0.1) is 7.11 Å². The molecule has 0 saturated heterocycles. The highest BCUT2D eigenvalue weighted by Crippen LogP contribution is 2.30. The Kier molecular flexibility index (Phi) is 4.94. The summed E-state index contributed by atoms with van der Waals surface area (Å²) in [5.74, 6) is 0.770. The van der Waals surface area contributed by atoms with E-state index >= 15 is 0 Å². The molecule has 1 amide bonds. The van der Waals surface area contributed by atoms with Gasteiger partial charge in [-0.15, -0.1) is 0 Å². The SMILES string of the molecule is COc1cc(C)c(/C=C/C(=O)Nc2cccc3c(O)cccc23)c(C)c1. The fourth-order valence-corrected chi connectivity index (χ4v) is 3.05. The largest absolute Gasteiger partial charge is 0.507 e. The van der Waals surface area contributed by atoms with Crippen molar-refractivity contribution in [3.05, 3.63) is 71.3 Å². The molecule has 0 aliphatic heterocycles. The van der Waals surface area contributed by atoms with Crippen LogP contribution in [-0.2, 0) is 4.79 Å². The Balaban J connectivity index is 1.84. The van der Waals surface area contributed by atoms with Gasteiger partial charge in [-0.1, -0.05) is 24.3 Å². The van der Waals surface area contributed by atoms with Crippen LogP contribution in [0.2, 0.25) is 0 Å². The predicted molar refractivity (Wildman–Crippen MR) is 106 cm³/mol. The zero-order chi connectivity index (χ0) is 18.7. The molecule has 3 rings (SSSR count). The second-order valence-corrected chi connectivity index (χ2v) is 6.18. The molecule has 0 aromatic heterocycles. The molecule has 0 atom stereocenters. The van der Waals surface area contributed by atoms with Gasteiger partial charge in [-0.2, -0.15) is 0 Å². The fraction of sp³-hybridized carbons (Fsp3) is 0.136. The van der Waals surface area contributed by atoms with E-state index in [9.17, 15) is 9.90 Å². The average Bonchev–Trinajstić information content (AvgIpc) is 2.61. The fourth-order valence-electron chi connectivity index (χ4n) is 3.05. The maximum Gasteiger partial charge on any atom is 0.248 e. The number of fused-ring (bicyclic) bond motifs is 1. The number of phenolic OH excluding ortho intramolecular Hbond substituents is 1. The number of amides is 1. The molecule has 0 aliphatic rings. The highest BCUT2D eigenvalue weighted by molar-refractivity contribution is 6.08. The number of methoxy groups -OCH3 is 1. The third-order valence-electron chi connectivity index (χ3n) is 4.36. The predicted octanol–water partition coefficient (Wildman–Crippen LogP) is 4.82. The molecule has 0 radical (unpaired) electrons. The number of hydrogen-bond donors (Lipinski definition) is 2. The van der Waals surface area contributed by atoms with E-state index in [0.717, 1.165) is 27.8 Å². The van der Waals surface area contributed by atoms with Gasteiger partial charge in [0, 0.05) is 22.5 Å². The molecule has 0 fully saturated rings. The van der Waals surface area contributed by atoms with Gasteiger partial charge in [-0.25, -0.2) is 0 Å². The lowest BCUT2D eigenvalue weighted by Crippen LogP contribution is -2.08. The van der Waals surface area contributed by atoms with Crippen molar-refractivity contribution >= 4 is 28.4 Å². The number of aromatic hydroxyl groups is 1. The summed E-state index contributed by atoms with van der Waals surface area (Å²) in [4.78, 5) is 12.4. The number of nitrogens with one attached hydrogen (secondary N) is 1. The lowest BCUT2D eigenvalue weighted by Gasteiger charge is -2.10. The Morgan fingerprint density at radius 1 is 1.04 bits per heavy atom. The zero-order valence-corrected chi connectivity index (χ0v) is 15.0. The number of anilines is 1. The summed E-state index contributed by atoms with van der Waals surface area (Å²) < 4.78 is 5.26. The van der Waals surface area contributed by atoms with Crippen molar-refractivity contribution in [2.75, 3.05) is 12.4 Å². The van der Waals surface area contributed by atoms with Crippen LogP contribution in [-0.4, -0.2) is 18.1 Å². The third-order valence-corrected chi connectivity index (χ3v) is 4.36. The summed E-state index contributed by atoms with van der Waals surface area (Å²) in [7, 11) is 1.64. The second kappa shape index (κ2) is 7.31. The van der Waals surface area contributed by atoms with Crippen molar-refractivity contribution in [3.8, 4) is 11.5 Å². The summed E-state index contributed by atoms with van der Waals surface area (Å²) >= 11 is 0. The zero-order valence-electron chi connectivity index (χ0n) is 15.0. The average molecular weight is 347 g/mol. The van der Waals surface area contributed by atoms with Gasteiger partial charge in [-0.3, -0.25) is 4.79 Å². The van der Waals surface area contributed by atoms with Crippen molar-refractivity contribution in [2.24, 2.45) is 0 Å². The maximum absolute atomic E-state index is 12.4. The first-order chi connectivity index (χ1) is 12.5. The van der Waals surface area contributed by atoms with Gasteiger partial charge in [-0.05, 0) is 60.9 Å². The van der Waals surface area contributed by atoms with Crippen molar-refractivity contribution in [3.63, 3.8) is 0 Å². The molecule has 0 aliphatic carbocycles. The minimum Gasteiger partial charge on any atom is -0.507 e. The van der Waals surface area contributed by atoms with E-state index in [-0.39, 0.29) is 11.7 Å². The monoisotopic (exact) mass is 347 g/mol. The summed E-state index contributed by atoms with van der Waals surface area (Å²) in [6.45, 7) is 3.97. The van der Waals surface area contributed by atoms with Crippen LogP contribution in [0.1, 0.15) is 16.7 Å². The van der Waals surface area contributed by atoms with Gasteiger partial charge in [0.25, 0.3) is 0 Å². The van der Waals surface area contributed by atoms with E-state index in [1.54, 1.807) is 25.3 Å². The molecule has 132 valence electrons. The summed E-state index contributed by atoms with van der Waals surface area (Å²) in [5.41, 5.74) is 3.75. The molecule has 0 heterocycles. The smallest absolute Gasteiger partial charge is 0.248 e. The molecule has 0 unspecified atom stereocenters. The quantitative estimate of drug-likeness (QED) is 0.665. The normalized spacial score (nSPS) is 11.0. The first-order valence-corrected chi connectivity index (χ1v) is 8.34. The molecular formula is C22H21NO3. The number of carbonyl (C=O) groups excluding carboxylic acids is 1. The van der Waals surface area contributed by atoms with Crippen LogP contribution >= 0.6 is 0 Å². The molecule has 3 aromatic rings. The van der Waals surface area contributed by atoms with Gasteiger partial charge in [0.2, 0.25) is 5.91 Å². The van der Waals surface area contributed by atoms with Gasteiger partial charge in [0.15, 0.2) is 0 Å². The van der Waals surface area contributed by atoms with E-state index in [0.29, 0.717) is 11.1 Å². The standard InChI is InChI=1S/C22H21NO3/c1-14-12-16(26-3)13-15(2)17(14)10-11-22(25)23-20-8-4-7-19-18(20)6-5-9-21(19)24/h4-13,24H,1-3H3,(H,23,25)/b11-10+. The van der Waals surface area contributed by atoms with E-state index < -0.39 is 0 Å². The summed E-state index contributed by atoms with van der Waals surface area (Å²) in [5, 5.41) is 14.3. The van der Waals surface area contributed by atoms with Crippen molar-refractivity contribution in [2.45, 2.75) is 13.8 Å². The lowest BCUT2D eigenvalue weighted by atomic mass is 10.0. The van der Waals surface area contributed by atoms with Crippen LogP contribution in [0.5, 0.6) is 11.5 Å². The minimum absolute atomic E-state index is 0.193. The van der Waals surface area contributed by atoms with Crippen LogP contribution in [0.4, 0.5) is 5.69 Å². The molecule has 4 heteroatoms. The Labute approximate surface area is 152 Å². The van der Waals surface area contributed by atoms with E-state index in [1.807, 2.05) is 50.3 Å². The molecular weight excluding hydrogens is 326 g/mol. The van der Waals surface area contributed by atoms with E-state index in [1.165, 1.54) is 6.08 Å². The molecule has 2 N–H and O–H groups in total. The second-order valence-electron chi connectivity index (χ2n) is 6.18. The number of phenols is 1. The molecule has 0 bridgehead atoms. The summed E-state index contributed by atoms with van der Waals surface area (Å²) in [6.07, 6.45) is 3.32. The Morgan fingerprint density at radius 3 is 2.38 bits per heavy atom. The topological polar surface area (TPSA) is 58.6 Å². The third kappa shape index (κ3) is 3.54. The molecule has 4 nitrogen and oxygen atoms in total. The number of rotatable bonds is 4. The van der Waals surface area contributed by atoms with E-state index in [2.05, 4.69) is 5.32 Å². The van der Waals surface area contributed by atoms with Crippen molar-refractivity contribution in [1.82, 2.24) is 0 Å². The molecule has 0 saturated carbocycles. The first kappa shape index (κ1) is 17.5. The van der Waals surface area contributed by atoms with Crippen LogP contribution in [0, 0.1) is 13.8 Å². The highest BCUT2D eigenvalue weighted by atomic mass is 16.5. The lowest BCUT2D eigenvalue weighted by molar-refractivity contribution is -0.111. The Morgan fingerprint density at radius 2 is 1.69 bits per heavy atom. The Bertz CT molecular complexity index is 982. The number of aryl methyl sites for hydroxylation is 2. The van der Waals surface area contributed by atoms with Crippen molar-refractivity contribution < 1.29 is 14.6 Å². The number of hydrogen-bond acceptors (Lipinski definition) is 3. The van der Waals surface area contributed by atoms with Gasteiger partial charge < -0.3 is 15.2 Å². The summed E-state index contributed by atoms with van der Waals surface area (Å²) in [6, 6.07) is 14.6. The molecule has 26 heavy (non-hydrogen) atoms. The molecule has 0 spiro atoms. The molecule has 3 aromatic carbocycles. The van der Waals surface area contributed by atoms with Crippen LogP contribution in [0.25, 0.3) is 16.8 Å². The number of benzene rings is 3.